The number of aryl methyl sites for hydroxylation is 1. The second-order valence-electron chi connectivity index (χ2n) is 6.45. The molecule has 1 aromatic heterocycles. The quantitative estimate of drug-likeness (QED) is 0.872. The molecule has 136 valence electrons. The van der Waals surface area contributed by atoms with Crippen molar-refractivity contribution in [3.8, 4) is 5.69 Å². The molecule has 1 aromatic carbocycles. The number of rotatable bonds is 3. The fourth-order valence-corrected chi connectivity index (χ4v) is 3.63. The maximum atomic E-state index is 12.9. The van der Waals surface area contributed by atoms with Gasteiger partial charge in [-0.25, -0.2) is 0 Å². The highest BCUT2D eigenvalue weighted by atomic mass is 35.5. The minimum atomic E-state index is 0. The van der Waals surface area contributed by atoms with Crippen LogP contribution >= 0.6 is 24.0 Å². The first kappa shape index (κ1) is 19.8. The number of hydrogen-bond acceptors (Lipinski definition) is 2. The predicted molar refractivity (Wildman–Crippen MR) is 105 cm³/mol. The number of aromatic nitrogens is 1. The van der Waals surface area contributed by atoms with Crippen molar-refractivity contribution in [2.45, 2.75) is 32.7 Å². The van der Waals surface area contributed by atoms with Gasteiger partial charge in [0.25, 0.3) is 5.91 Å². The van der Waals surface area contributed by atoms with Gasteiger partial charge < -0.3 is 14.8 Å². The van der Waals surface area contributed by atoms with E-state index in [0.29, 0.717) is 11.1 Å². The Balaban J connectivity index is 0.00000225. The number of piperidine rings is 1. The van der Waals surface area contributed by atoms with Gasteiger partial charge in [0.05, 0.1) is 5.56 Å². The first-order chi connectivity index (χ1) is 11.5. The summed E-state index contributed by atoms with van der Waals surface area (Å²) >= 11 is 5.98. The monoisotopic (exact) mass is 381 g/mol. The zero-order chi connectivity index (χ0) is 17.3. The Bertz CT molecular complexity index is 732. The molecule has 6 heteroatoms. The lowest BCUT2D eigenvalue weighted by atomic mass is 10.0. The minimum Gasteiger partial charge on any atom is -0.338 e. The van der Waals surface area contributed by atoms with Crippen LogP contribution in [0.1, 0.15) is 34.6 Å². The summed E-state index contributed by atoms with van der Waals surface area (Å²) in [5.74, 6) is 0.137. The SMILES string of the molecule is CNC1CCN(C(=O)c2cc(C)n(-c3ccc(Cl)cc3)c2C)CC1.Cl. The van der Waals surface area contributed by atoms with Gasteiger partial charge in [0.1, 0.15) is 0 Å². The lowest BCUT2D eigenvalue weighted by molar-refractivity contribution is 0.0706. The smallest absolute Gasteiger partial charge is 0.255 e. The van der Waals surface area contributed by atoms with Crippen LogP contribution in [-0.2, 0) is 0 Å². The van der Waals surface area contributed by atoms with E-state index in [1.807, 2.05) is 56.1 Å². The number of benzene rings is 1. The maximum absolute atomic E-state index is 12.9. The average Bonchev–Trinajstić information content (AvgIpc) is 2.90. The summed E-state index contributed by atoms with van der Waals surface area (Å²) in [5, 5.41) is 4.01. The summed E-state index contributed by atoms with van der Waals surface area (Å²) in [6, 6.07) is 10.2. The summed E-state index contributed by atoms with van der Waals surface area (Å²) in [7, 11) is 1.99. The fraction of sp³-hybridized carbons (Fsp3) is 0.421. The summed E-state index contributed by atoms with van der Waals surface area (Å²) in [6.45, 7) is 5.67. The van der Waals surface area contributed by atoms with Crippen molar-refractivity contribution in [3.63, 3.8) is 0 Å². The highest BCUT2D eigenvalue weighted by molar-refractivity contribution is 6.30. The molecule has 0 radical (unpaired) electrons. The van der Waals surface area contributed by atoms with Gasteiger partial charge >= 0.3 is 0 Å². The molecular formula is C19H25Cl2N3O. The zero-order valence-corrected chi connectivity index (χ0v) is 16.5. The molecule has 0 spiro atoms. The largest absolute Gasteiger partial charge is 0.338 e. The lowest BCUT2D eigenvalue weighted by Gasteiger charge is -2.31. The summed E-state index contributed by atoms with van der Waals surface area (Å²) < 4.78 is 2.11. The van der Waals surface area contributed by atoms with Crippen molar-refractivity contribution in [1.29, 1.82) is 0 Å². The molecule has 1 N–H and O–H groups in total. The van der Waals surface area contributed by atoms with Crippen LogP contribution in [0.5, 0.6) is 0 Å². The van der Waals surface area contributed by atoms with E-state index in [0.717, 1.165) is 48.6 Å². The number of carbonyl (C=O) groups is 1. The Morgan fingerprint density at radius 2 is 1.76 bits per heavy atom. The van der Waals surface area contributed by atoms with Gasteiger partial charge in [-0.1, -0.05) is 11.6 Å². The predicted octanol–water partition coefficient (Wildman–Crippen LogP) is 3.99. The average molecular weight is 382 g/mol. The van der Waals surface area contributed by atoms with Crippen LogP contribution in [0.2, 0.25) is 5.02 Å². The molecule has 2 aromatic rings. The van der Waals surface area contributed by atoms with Crippen molar-refractivity contribution >= 4 is 29.9 Å². The minimum absolute atomic E-state index is 0. The molecule has 0 atom stereocenters. The molecule has 0 bridgehead atoms. The van der Waals surface area contributed by atoms with E-state index in [9.17, 15) is 4.79 Å². The lowest BCUT2D eigenvalue weighted by Crippen LogP contribution is -2.44. The van der Waals surface area contributed by atoms with E-state index < -0.39 is 0 Å². The third-order valence-corrected chi connectivity index (χ3v) is 5.19. The third-order valence-electron chi connectivity index (χ3n) is 4.94. The van der Waals surface area contributed by atoms with Gasteiger partial charge in [-0.3, -0.25) is 4.79 Å². The molecule has 4 nitrogen and oxygen atoms in total. The molecule has 0 unspecified atom stereocenters. The Labute approximate surface area is 160 Å². The van der Waals surface area contributed by atoms with Crippen molar-refractivity contribution in [2.24, 2.45) is 0 Å². The fourth-order valence-electron chi connectivity index (χ4n) is 3.51. The van der Waals surface area contributed by atoms with E-state index >= 15 is 0 Å². The van der Waals surface area contributed by atoms with Crippen LogP contribution in [0.4, 0.5) is 0 Å². The second kappa shape index (κ2) is 8.26. The van der Waals surface area contributed by atoms with Crippen LogP contribution in [-0.4, -0.2) is 41.6 Å². The highest BCUT2D eigenvalue weighted by Gasteiger charge is 2.25. The Hall–Kier alpha value is -1.49. The molecule has 3 rings (SSSR count). The van der Waals surface area contributed by atoms with Gasteiger partial charge in [0.2, 0.25) is 0 Å². The van der Waals surface area contributed by atoms with Crippen LogP contribution in [0.3, 0.4) is 0 Å². The van der Waals surface area contributed by atoms with E-state index in [-0.39, 0.29) is 18.3 Å². The Kier molecular flexibility index (Phi) is 6.55. The van der Waals surface area contributed by atoms with E-state index in [4.69, 9.17) is 11.6 Å². The third kappa shape index (κ3) is 4.02. The van der Waals surface area contributed by atoms with Crippen LogP contribution in [0.25, 0.3) is 5.69 Å². The molecule has 1 amide bonds. The van der Waals surface area contributed by atoms with Crippen molar-refractivity contribution < 1.29 is 4.79 Å². The first-order valence-electron chi connectivity index (χ1n) is 8.42. The zero-order valence-electron chi connectivity index (χ0n) is 14.9. The van der Waals surface area contributed by atoms with Crippen LogP contribution in [0.15, 0.2) is 30.3 Å². The molecule has 1 saturated heterocycles. The second-order valence-corrected chi connectivity index (χ2v) is 6.89. The number of likely N-dealkylation sites (tertiary alicyclic amines) is 1. The van der Waals surface area contributed by atoms with Crippen LogP contribution in [0, 0.1) is 13.8 Å². The molecular weight excluding hydrogens is 357 g/mol. The van der Waals surface area contributed by atoms with Crippen molar-refractivity contribution in [3.05, 3.63) is 52.3 Å². The van der Waals surface area contributed by atoms with E-state index in [2.05, 4.69) is 9.88 Å². The van der Waals surface area contributed by atoms with Gasteiger partial charge in [0.15, 0.2) is 0 Å². The number of nitrogens with zero attached hydrogens (tertiary/aromatic N) is 2. The maximum Gasteiger partial charge on any atom is 0.255 e. The number of carbonyl (C=O) groups excluding carboxylic acids is 1. The number of nitrogens with one attached hydrogen (secondary N) is 1. The molecule has 1 fully saturated rings. The first-order valence-corrected chi connectivity index (χ1v) is 8.80. The highest BCUT2D eigenvalue weighted by Crippen LogP contribution is 2.24. The standard InChI is InChI=1S/C19H24ClN3O.ClH/c1-13-12-18(19(24)22-10-8-16(21-3)9-11-22)14(2)23(13)17-6-4-15(20)5-7-17;/h4-7,12,16,21H,8-11H2,1-3H3;1H. The van der Waals surface area contributed by atoms with Crippen molar-refractivity contribution in [2.75, 3.05) is 20.1 Å². The topological polar surface area (TPSA) is 37.3 Å². The molecule has 0 saturated carbocycles. The summed E-state index contributed by atoms with van der Waals surface area (Å²) in [6.07, 6.45) is 2.02. The van der Waals surface area contributed by atoms with Gasteiger partial charge in [-0.15, -0.1) is 12.4 Å². The van der Waals surface area contributed by atoms with E-state index in [1.165, 1.54) is 0 Å². The van der Waals surface area contributed by atoms with Gasteiger partial charge in [-0.2, -0.15) is 0 Å². The van der Waals surface area contributed by atoms with Crippen LogP contribution < -0.4 is 5.32 Å². The number of halogens is 2. The Morgan fingerprint density at radius 1 is 1.16 bits per heavy atom. The molecule has 25 heavy (non-hydrogen) atoms. The number of amides is 1. The van der Waals surface area contributed by atoms with E-state index in [1.54, 1.807) is 0 Å². The molecule has 2 heterocycles. The molecule has 1 aliphatic rings. The van der Waals surface area contributed by atoms with Gasteiger partial charge in [0, 0.05) is 41.2 Å². The molecule has 1 aliphatic heterocycles. The van der Waals surface area contributed by atoms with Gasteiger partial charge in [-0.05, 0) is 64.1 Å². The normalized spacial score (nSPS) is 15.1. The summed E-state index contributed by atoms with van der Waals surface area (Å²) in [5.41, 5.74) is 3.87. The molecule has 0 aliphatic carbocycles. The van der Waals surface area contributed by atoms with Crippen molar-refractivity contribution in [1.82, 2.24) is 14.8 Å². The number of hydrogen-bond donors (Lipinski definition) is 1. The Morgan fingerprint density at radius 3 is 2.32 bits per heavy atom. The summed E-state index contributed by atoms with van der Waals surface area (Å²) in [4.78, 5) is 14.9.